The third kappa shape index (κ3) is 7.50. The van der Waals surface area contributed by atoms with Crippen molar-refractivity contribution in [1.29, 1.82) is 0 Å². The number of benzene rings is 2. The van der Waals surface area contributed by atoms with E-state index in [1.807, 2.05) is 19.9 Å². The van der Waals surface area contributed by atoms with Crippen LogP contribution in [0.5, 0.6) is 11.5 Å². The van der Waals surface area contributed by atoms with E-state index in [-0.39, 0.29) is 18.5 Å². The van der Waals surface area contributed by atoms with Crippen LogP contribution in [0, 0.1) is 0 Å². The van der Waals surface area contributed by atoms with Crippen molar-refractivity contribution in [2.75, 3.05) is 30.4 Å². The van der Waals surface area contributed by atoms with E-state index in [1.54, 1.807) is 50.2 Å². The molecule has 0 saturated heterocycles. The molecule has 0 aliphatic heterocycles. The molecule has 0 spiro atoms. The lowest BCUT2D eigenvalue weighted by atomic mass is 10.2. The van der Waals surface area contributed by atoms with Crippen molar-refractivity contribution in [2.45, 2.75) is 33.7 Å². The molecule has 172 valence electrons. The number of hydrogen-bond acceptors (Lipinski definition) is 6. The van der Waals surface area contributed by atoms with Gasteiger partial charge in [-0.2, -0.15) is 0 Å². The van der Waals surface area contributed by atoms with E-state index >= 15 is 0 Å². The third-order valence-corrected chi connectivity index (χ3v) is 4.08. The van der Waals surface area contributed by atoms with Gasteiger partial charge in [-0.3, -0.25) is 14.9 Å². The van der Waals surface area contributed by atoms with Gasteiger partial charge in [-0.25, -0.2) is 4.79 Å². The van der Waals surface area contributed by atoms with Gasteiger partial charge in [0.15, 0.2) is 0 Å². The molecule has 0 aliphatic carbocycles. The first-order valence-corrected chi connectivity index (χ1v) is 10.5. The van der Waals surface area contributed by atoms with Gasteiger partial charge in [0.2, 0.25) is 5.91 Å². The van der Waals surface area contributed by atoms with Crippen LogP contribution in [0.25, 0.3) is 0 Å². The Kier molecular flexibility index (Phi) is 9.34. The van der Waals surface area contributed by atoms with Crippen molar-refractivity contribution in [3.63, 3.8) is 0 Å². The van der Waals surface area contributed by atoms with Crippen LogP contribution in [0.1, 0.15) is 38.1 Å². The number of rotatable bonds is 10. The Labute approximate surface area is 187 Å². The molecule has 0 atom stereocenters. The quantitative estimate of drug-likeness (QED) is 0.448. The summed E-state index contributed by atoms with van der Waals surface area (Å²) in [5, 5.41) is 10.6. The van der Waals surface area contributed by atoms with Crippen LogP contribution in [0.4, 0.5) is 16.2 Å². The van der Waals surface area contributed by atoms with Crippen molar-refractivity contribution < 1.29 is 23.9 Å². The number of anilines is 2. The lowest BCUT2D eigenvalue weighted by molar-refractivity contribution is -0.118. The summed E-state index contributed by atoms with van der Waals surface area (Å²) in [7, 11) is 0. The molecule has 2 rings (SSSR count). The van der Waals surface area contributed by atoms with Gasteiger partial charge < -0.3 is 25.4 Å². The Bertz CT molecular complexity index is 931. The van der Waals surface area contributed by atoms with E-state index in [0.29, 0.717) is 41.7 Å². The van der Waals surface area contributed by atoms with Crippen LogP contribution in [-0.2, 0) is 4.79 Å². The summed E-state index contributed by atoms with van der Waals surface area (Å²) in [5.41, 5.74) is 1.44. The second kappa shape index (κ2) is 12.2. The minimum Gasteiger partial charge on any atom is -0.492 e. The standard InChI is InChI=1S/C23H30N4O5/c1-5-31-19-13-18(26-22(29)16-10-8-7-9-11-16)20(32-6-2)12-17(19)24-14-21(28)27-23(30)25-15(3)4/h7-13,15,24H,5-6,14H2,1-4H3,(H,26,29)(H2,25,27,28,30). The van der Waals surface area contributed by atoms with Crippen molar-refractivity contribution in [2.24, 2.45) is 0 Å². The van der Waals surface area contributed by atoms with Crippen LogP contribution in [0.3, 0.4) is 0 Å². The summed E-state index contributed by atoms with van der Waals surface area (Å²) in [6, 6.07) is 11.5. The van der Waals surface area contributed by atoms with E-state index in [1.165, 1.54) is 0 Å². The number of imide groups is 1. The minimum atomic E-state index is -0.564. The smallest absolute Gasteiger partial charge is 0.321 e. The van der Waals surface area contributed by atoms with Gasteiger partial charge in [0.05, 0.1) is 31.1 Å². The highest BCUT2D eigenvalue weighted by Crippen LogP contribution is 2.37. The first-order chi connectivity index (χ1) is 15.3. The molecule has 0 aliphatic rings. The molecule has 0 fully saturated rings. The van der Waals surface area contributed by atoms with Gasteiger partial charge in [0.25, 0.3) is 5.91 Å². The van der Waals surface area contributed by atoms with Crippen molar-refractivity contribution in [3.8, 4) is 11.5 Å². The zero-order chi connectivity index (χ0) is 23.5. The molecule has 4 amide bonds. The highest BCUT2D eigenvalue weighted by atomic mass is 16.5. The van der Waals surface area contributed by atoms with E-state index < -0.39 is 11.9 Å². The number of carbonyl (C=O) groups excluding carboxylic acids is 3. The summed E-state index contributed by atoms with van der Waals surface area (Å²) < 4.78 is 11.4. The monoisotopic (exact) mass is 442 g/mol. The number of ether oxygens (including phenoxy) is 2. The Balaban J connectivity index is 2.20. The third-order valence-electron chi connectivity index (χ3n) is 4.08. The molecule has 2 aromatic rings. The average molecular weight is 443 g/mol. The lowest BCUT2D eigenvalue weighted by Crippen LogP contribution is -2.44. The van der Waals surface area contributed by atoms with Gasteiger partial charge in [0.1, 0.15) is 11.5 Å². The SMILES string of the molecule is CCOc1cc(NC(=O)c2ccccc2)c(OCC)cc1NCC(=O)NC(=O)NC(C)C. The second-order valence-electron chi connectivity index (χ2n) is 7.06. The molecule has 0 aromatic heterocycles. The highest BCUT2D eigenvalue weighted by molar-refractivity contribution is 6.05. The Morgan fingerprint density at radius 2 is 1.50 bits per heavy atom. The fourth-order valence-electron chi connectivity index (χ4n) is 2.77. The maximum Gasteiger partial charge on any atom is 0.321 e. The van der Waals surface area contributed by atoms with Gasteiger partial charge in [-0.1, -0.05) is 18.2 Å². The molecule has 0 bridgehead atoms. The molecule has 2 aromatic carbocycles. The summed E-state index contributed by atoms with van der Waals surface area (Å²) >= 11 is 0. The molecule has 0 heterocycles. The molecule has 0 saturated carbocycles. The predicted molar refractivity (Wildman–Crippen MR) is 123 cm³/mol. The van der Waals surface area contributed by atoms with Gasteiger partial charge in [0, 0.05) is 23.7 Å². The maximum absolute atomic E-state index is 12.6. The maximum atomic E-state index is 12.6. The number of hydrogen-bond donors (Lipinski definition) is 4. The van der Waals surface area contributed by atoms with Crippen molar-refractivity contribution >= 4 is 29.2 Å². The number of amides is 4. The largest absolute Gasteiger partial charge is 0.492 e. The topological polar surface area (TPSA) is 118 Å². The van der Waals surface area contributed by atoms with Crippen LogP contribution in [0.2, 0.25) is 0 Å². The minimum absolute atomic E-state index is 0.0901. The van der Waals surface area contributed by atoms with E-state index in [0.717, 1.165) is 0 Å². The van der Waals surface area contributed by atoms with Crippen molar-refractivity contribution in [3.05, 3.63) is 48.0 Å². The van der Waals surface area contributed by atoms with E-state index in [9.17, 15) is 14.4 Å². The molecule has 9 heteroatoms. The van der Waals surface area contributed by atoms with Gasteiger partial charge >= 0.3 is 6.03 Å². The van der Waals surface area contributed by atoms with E-state index in [2.05, 4.69) is 21.3 Å². The molecule has 32 heavy (non-hydrogen) atoms. The summed E-state index contributed by atoms with van der Waals surface area (Å²) in [4.78, 5) is 36.4. The number of carbonyl (C=O) groups is 3. The van der Waals surface area contributed by atoms with Crippen LogP contribution < -0.4 is 30.7 Å². The highest BCUT2D eigenvalue weighted by Gasteiger charge is 2.16. The Morgan fingerprint density at radius 1 is 0.906 bits per heavy atom. The summed E-state index contributed by atoms with van der Waals surface area (Å²) in [5.74, 6) is 0.0507. The molecule has 0 radical (unpaired) electrons. The van der Waals surface area contributed by atoms with E-state index in [4.69, 9.17) is 9.47 Å². The predicted octanol–water partition coefficient (Wildman–Crippen LogP) is 3.38. The van der Waals surface area contributed by atoms with Crippen LogP contribution >= 0.6 is 0 Å². The fraction of sp³-hybridized carbons (Fsp3) is 0.348. The number of nitrogens with one attached hydrogen (secondary N) is 4. The normalized spacial score (nSPS) is 10.3. The molecular weight excluding hydrogens is 412 g/mol. The fourth-order valence-corrected chi connectivity index (χ4v) is 2.77. The van der Waals surface area contributed by atoms with Gasteiger partial charge in [-0.15, -0.1) is 0 Å². The van der Waals surface area contributed by atoms with Gasteiger partial charge in [-0.05, 0) is 39.8 Å². The van der Waals surface area contributed by atoms with Crippen LogP contribution in [-0.4, -0.2) is 43.6 Å². The zero-order valence-corrected chi connectivity index (χ0v) is 18.8. The van der Waals surface area contributed by atoms with Crippen molar-refractivity contribution in [1.82, 2.24) is 10.6 Å². The molecular formula is C23H30N4O5. The lowest BCUT2D eigenvalue weighted by Gasteiger charge is -2.18. The molecule has 9 nitrogen and oxygen atoms in total. The zero-order valence-electron chi connectivity index (χ0n) is 18.8. The van der Waals surface area contributed by atoms with Crippen LogP contribution in [0.15, 0.2) is 42.5 Å². The average Bonchev–Trinajstić information content (AvgIpc) is 2.74. The Hall–Kier alpha value is -3.75. The number of urea groups is 1. The molecule has 0 unspecified atom stereocenters. The second-order valence-corrected chi connectivity index (χ2v) is 7.06. The molecule has 4 N–H and O–H groups in total. The first kappa shape index (κ1) is 24.5. The summed E-state index contributed by atoms with van der Waals surface area (Å²) in [6.07, 6.45) is 0. The Morgan fingerprint density at radius 3 is 2.09 bits per heavy atom. The summed E-state index contributed by atoms with van der Waals surface area (Å²) in [6.45, 7) is 7.83. The first-order valence-electron chi connectivity index (χ1n) is 10.5.